The fourth-order valence-corrected chi connectivity index (χ4v) is 2.93. The van der Waals surface area contributed by atoms with Gasteiger partial charge in [0.25, 0.3) is 0 Å². The lowest BCUT2D eigenvalue weighted by Gasteiger charge is -2.13. The average Bonchev–Trinajstić information content (AvgIpc) is 2.90. The van der Waals surface area contributed by atoms with Crippen LogP contribution >= 0.6 is 0 Å². The summed E-state index contributed by atoms with van der Waals surface area (Å²) in [6, 6.07) is 7.24. The Balaban J connectivity index is 1.76. The Morgan fingerprint density at radius 1 is 1.14 bits per heavy atom. The van der Waals surface area contributed by atoms with E-state index in [9.17, 15) is 13.2 Å². The van der Waals surface area contributed by atoms with Crippen molar-refractivity contribution in [3.05, 3.63) is 52.3 Å². The summed E-state index contributed by atoms with van der Waals surface area (Å²) in [5, 5.41) is 10.9. The van der Waals surface area contributed by atoms with E-state index in [1.807, 2.05) is 30.8 Å². The van der Waals surface area contributed by atoms with E-state index in [-0.39, 0.29) is 6.61 Å². The lowest BCUT2D eigenvalue weighted by Crippen LogP contribution is -2.37. The number of aryl methyl sites for hydroxylation is 2. The van der Waals surface area contributed by atoms with Crippen molar-refractivity contribution < 1.29 is 17.9 Å². The van der Waals surface area contributed by atoms with Crippen LogP contribution < -0.4 is 10.6 Å². The van der Waals surface area contributed by atoms with Gasteiger partial charge in [-0.3, -0.25) is 9.67 Å². The zero-order valence-electron chi connectivity index (χ0n) is 17.2. The molecule has 1 aromatic carbocycles. The van der Waals surface area contributed by atoms with Gasteiger partial charge in [0, 0.05) is 32.9 Å². The number of ether oxygens (including phenoxy) is 1. The topological polar surface area (TPSA) is 63.5 Å². The van der Waals surface area contributed by atoms with Gasteiger partial charge in [0.1, 0.15) is 6.61 Å². The van der Waals surface area contributed by atoms with E-state index < -0.39 is 12.8 Å². The first kappa shape index (κ1) is 22.7. The molecule has 2 N–H and O–H groups in total. The van der Waals surface area contributed by atoms with Crippen molar-refractivity contribution in [3.63, 3.8) is 0 Å². The predicted octanol–water partition coefficient (Wildman–Crippen LogP) is 3.02. The molecule has 2 aromatic rings. The van der Waals surface area contributed by atoms with E-state index in [2.05, 4.69) is 32.4 Å². The minimum absolute atomic E-state index is 0.0659. The lowest BCUT2D eigenvalue weighted by atomic mass is 10.1. The van der Waals surface area contributed by atoms with Gasteiger partial charge in [-0.1, -0.05) is 24.3 Å². The Kier molecular flexibility index (Phi) is 8.07. The summed E-state index contributed by atoms with van der Waals surface area (Å²) in [6.07, 6.45) is -3.46. The van der Waals surface area contributed by atoms with Crippen molar-refractivity contribution in [3.8, 4) is 0 Å². The van der Waals surface area contributed by atoms with Crippen LogP contribution in [-0.2, 0) is 31.4 Å². The fourth-order valence-electron chi connectivity index (χ4n) is 2.93. The number of guanidine groups is 1. The number of hydrogen-bond donors (Lipinski definition) is 2. The molecule has 0 unspecified atom stereocenters. The summed E-state index contributed by atoms with van der Waals surface area (Å²) in [7, 11) is 3.64. The van der Waals surface area contributed by atoms with Crippen LogP contribution in [0, 0.1) is 13.8 Å². The number of hydrogen-bond acceptors (Lipinski definition) is 3. The Morgan fingerprint density at radius 3 is 2.34 bits per heavy atom. The van der Waals surface area contributed by atoms with Crippen LogP contribution in [0.5, 0.6) is 0 Å². The molecule has 0 aliphatic heterocycles. The van der Waals surface area contributed by atoms with Crippen molar-refractivity contribution in [2.45, 2.75) is 39.6 Å². The van der Waals surface area contributed by atoms with Gasteiger partial charge in [-0.15, -0.1) is 0 Å². The average molecular weight is 411 g/mol. The summed E-state index contributed by atoms with van der Waals surface area (Å²) in [5.41, 5.74) is 5.12. The number of nitrogens with one attached hydrogen (secondary N) is 2. The maximum Gasteiger partial charge on any atom is 0.411 e. The molecular formula is C20H28F3N5O. The zero-order valence-corrected chi connectivity index (χ0v) is 17.2. The normalized spacial score (nSPS) is 12.3. The number of benzene rings is 1. The van der Waals surface area contributed by atoms with Crippen LogP contribution in [0.1, 0.15) is 28.1 Å². The second kappa shape index (κ2) is 10.3. The highest BCUT2D eigenvalue weighted by molar-refractivity contribution is 5.79. The fraction of sp³-hybridized carbons (Fsp3) is 0.500. The van der Waals surface area contributed by atoms with Gasteiger partial charge in [0.2, 0.25) is 0 Å². The number of aromatic nitrogens is 2. The second-order valence-electron chi connectivity index (χ2n) is 6.80. The first-order chi connectivity index (χ1) is 13.7. The Bertz CT molecular complexity index is 813. The van der Waals surface area contributed by atoms with E-state index in [1.165, 1.54) is 5.56 Å². The number of aliphatic imine (C=N–C) groups is 1. The van der Waals surface area contributed by atoms with Crippen molar-refractivity contribution in [2.75, 3.05) is 20.2 Å². The van der Waals surface area contributed by atoms with Gasteiger partial charge in [-0.05, 0) is 37.0 Å². The number of rotatable bonds is 8. The molecular weight excluding hydrogens is 383 g/mol. The SMILES string of the molecule is CN=C(NCCc1c(C)nn(C)c1C)NCc1ccc(COCC(F)(F)F)cc1. The Hall–Kier alpha value is -2.55. The van der Waals surface area contributed by atoms with Gasteiger partial charge in [-0.25, -0.2) is 0 Å². The number of halogens is 3. The summed E-state index contributed by atoms with van der Waals surface area (Å²) < 4.78 is 42.9. The van der Waals surface area contributed by atoms with Crippen LogP contribution in [0.2, 0.25) is 0 Å². The first-order valence-electron chi connectivity index (χ1n) is 9.35. The molecule has 0 amide bonds. The highest BCUT2D eigenvalue weighted by atomic mass is 19.4. The molecule has 9 heteroatoms. The highest BCUT2D eigenvalue weighted by Gasteiger charge is 2.27. The molecule has 0 radical (unpaired) electrons. The van der Waals surface area contributed by atoms with Gasteiger partial charge < -0.3 is 15.4 Å². The van der Waals surface area contributed by atoms with E-state index in [1.54, 1.807) is 19.2 Å². The third kappa shape index (κ3) is 7.41. The molecule has 0 saturated heterocycles. The largest absolute Gasteiger partial charge is 0.411 e. The summed E-state index contributed by atoms with van der Waals surface area (Å²) in [4.78, 5) is 4.21. The quantitative estimate of drug-likeness (QED) is 0.518. The summed E-state index contributed by atoms with van der Waals surface area (Å²) in [5.74, 6) is 0.682. The minimum Gasteiger partial charge on any atom is -0.367 e. The Labute approximate surface area is 169 Å². The molecule has 1 aromatic heterocycles. The van der Waals surface area contributed by atoms with E-state index in [0.29, 0.717) is 18.1 Å². The van der Waals surface area contributed by atoms with Crippen molar-refractivity contribution in [1.29, 1.82) is 0 Å². The number of alkyl halides is 3. The molecule has 0 atom stereocenters. The third-order valence-corrected chi connectivity index (χ3v) is 4.57. The van der Waals surface area contributed by atoms with Crippen molar-refractivity contribution in [1.82, 2.24) is 20.4 Å². The predicted molar refractivity (Wildman–Crippen MR) is 107 cm³/mol. The molecule has 0 aliphatic carbocycles. The lowest BCUT2D eigenvalue weighted by molar-refractivity contribution is -0.176. The van der Waals surface area contributed by atoms with Crippen LogP contribution in [0.25, 0.3) is 0 Å². The standard InChI is InChI=1S/C20H28F3N5O/c1-14-18(15(2)28(4)27-14)9-10-25-19(24-3)26-11-16-5-7-17(8-6-16)12-29-13-20(21,22)23/h5-8H,9-13H2,1-4H3,(H2,24,25,26). The molecule has 1 heterocycles. The second-order valence-corrected chi connectivity index (χ2v) is 6.80. The zero-order chi connectivity index (χ0) is 21.4. The first-order valence-corrected chi connectivity index (χ1v) is 9.35. The van der Waals surface area contributed by atoms with Gasteiger partial charge >= 0.3 is 6.18 Å². The van der Waals surface area contributed by atoms with E-state index >= 15 is 0 Å². The molecule has 160 valence electrons. The van der Waals surface area contributed by atoms with Gasteiger partial charge in [0.05, 0.1) is 12.3 Å². The Morgan fingerprint density at radius 2 is 1.79 bits per heavy atom. The maximum absolute atomic E-state index is 12.1. The van der Waals surface area contributed by atoms with Gasteiger partial charge in [0.15, 0.2) is 5.96 Å². The molecule has 2 rings (SSSR count). The number of nitrogens with zero attached hydrogens (tertiary/aromatic N) is 3. The molecule has 0 saturated carbocycles. The van der Waals surface area contributed by atoms with Crippen LogP contribution in [0.4, 0.5) is 13.2 Å². The van der Waals surface area contributed by atoms with Crippen LogP contribution in [0.15, 0.2) is 29.3 Å². The summed E-state index contributed by atoms with van der Waals surface area (Å²) >= 11 is 0. The molecule has 0 bridgehead atoms. The molecule has 0 aliphatic rings. The smallest absolute Gasteiger partial charge is 0.367 e. The summed E-state index contributed by atoms with van der Waals surface area (Å²) in [6.45, 7) is 4.03. The maximum atomic E-state index is 12.1. The molecule has 0 spiro atoms. The third-order valence-electron chi connectivity index (χ3n) is 4.57. The molecule has 29 heavy (non-hydrogen) atoms. The van der Waals surface area contributed by atoms with Crippen molar-refractivity contribution in [2.24, 2.45) is 12.0 Å². The van der Waals surface area contributed by atoms with Crippen molar-refractivity contribution >= 4 is 5.96 Å². The van der Waals surface area contributed by atoms with E-state index in [4.69, 9.17) is 0 Å². The van der Waals surface area contributed by atoms with Crippen LogP contribution in [0.3, 0.4) is 0 Å². The molecule has 6 nitrogen and oxygen atoms in total. The van der Waals surface area contributed by atoms with Crippen LogP contribution in [-0.4, -0.2) is 42.1 Å². The molecule has 0 fully saturated rings. The highest BCUT2D eigenvalue weighted by Crippen LogP contribution is 2.16. The van der Waals surface area contributed by atoms with E-state index in [0.717, 1.165) is 29.9 Å². The van der Waals surface area contributed by atoms with Gasteiger partial charge in [-0.2, -0.15) is 18.3 Å². The minimum atomic E-state index is -4.30. The monoisotopic (exact) mass is 411 g/mol.